The number of likely N-dealkylation sites (tertiary alicyclic amines) is 1. The van der Waals surface area contributed by atoms with E-state index in [1.54, 1.807) is 35.5 Å². The van der Waals surface area contributed by atoms with Crippen LogP contribution in [0.25, 0.3) is 0 Å². The van der Waals surface area contributed by atoms with Crippen LogP contribution in [0, 0.1) is 5.92 Å². The van der Waals surface area contributed by atoms with Gasteiger partial charge >= 0.3 is 0 Å². The number of rotatable bonds is 6. The lowest BCUT2D eigenvalue weighted by atomic mass is 9.96. The predicted molar refractivity (Wildman–Crippen MR) is 124 cm³/mol. The molecule has 0 spiro atoms. The lowest BCUT2D eigenvalue weighted by Gasteiger charge is -2.32. The molecule has 1 N–H and O–H groups in total. The van der Waals surface area contributed by atoms with Crippen molar-refractivity contribution in [1.82, 2.24) is 14.9 Å². The Morgan fingerprint density at radius 2 is 1.97 bits per heavy atom. The molecule has 1 atom stereocenters. The largest absolute Gasteiger partial charge is 0.473 e. The van der Waals surface area contributed by atoms with E-state index in [0.717, 1.165) is 22.9 Å². The van der Waals surface area contributed by atoms with Gasteiger partial charge in [-0.2, -0.15) is 0 Å². The molecule has 8 heteroatoms. The number of nitrogens with one attached hydrogen (secondary N) is 1. The quantitative estimate of drug-likeness (QED) is 0.551. The lowest BCUT2D eigenvalue weighted by Crippen LogP contribution is -2.43. The van der Waals surface area contributed by atoms with Crippen molar-refractivity contribution in [2.45, 2.75) is 19.4 Å². The van der Waals surface area contributed by atoms with Gasteiger partial charge in [-0.05, 0) is 52.5 Å². The van der Waals surface area contributed by atoms with E-state index >= 15 is 0 Å². The van der Waals surface area contributed by atoms with Crippen molar-refractivity contribution in [2.75, 3.05) is 18.4 Å². The molecule has 0 radical (unpaired) electrons. The minimum atomic E-state index is -0.284. The van der Waals surface area contributed by atoms with Gasteiger partial charge in [0, 0.05) is 41.6 Å². The van der Waals surface area contributed by atoms with Crippen molar-refractivity contribution >= 4 is 33.6 Å². The number of benzene rings is 1. The molecule has 2 amide bonds. The lowest BCUT2D eigenvalue weighted by molar-refractivity contribution is -0.121. The highest BCUT2D eigenvalue weighted by atomic mass is 79.9. The normalized spacial score (nSPS) is 15.8. The fourth-order valence-corrected chi connectivity index (χ4v) is 3.82. The molecule has 1 aliphatic rings. The summed E-state index contributed by atoms with van der Waals surface area (Å²) in [6.45, 7) is 1.35. The van der Waals surface area contributed by atoms with Gasteiger partial charge in [-0.3, -0.25) is 9.59 Å². The second kappa shape index (κ2) is 10.4. The monoisotopic (exact) mass is 494 g/mol. The maximum Gasteiger partial charge on any atom is 0.254 e. The molecular formula is C24H23BrN4O3. The molecule has 1 aromatic carbocycles. The Bertz CT molecular complexity index is 1080. The maximum absolute atomic E-state index is 13.1. The van der Waals surface area contributed by atoms with Crippen LogP contribution in [0.4, 0.5) is 5.82 Å². The molecule has 1 aliphatic heterocycles. The van der Waals surface area contributed by atoms with E-state index in [-0.39, 0.29) is 17.7 Å². The van der Waals surface area contributed by atoms with E-state index in [0.29, 0.717) is 37.0 Å². The summed E-state index contributed by atoms with van der Waals surface area (Å²) in [7, 11) is 0. The molecule has 0 saturated carbocycles. The number of hydrogen-bond donors (Lipinski definition) is 1. The molecule has 0 aliphatic carbocycles. The van der Waals surface area contributed by atoms with Gasteiger partial charge in [0.05, 0.1) is 5.92 Å². The van der Waals surface area contributed by atoms with Gasteiger partial charge in [0.15, 0.2) is 0 Å². The second-order valence-corrected chi connectivity index (χ2v) is 8.51. The van der Waals surface area contributed by atoms with Crippen molar-refractivity contribution in [3.8, 4) is 5.88 Å². The molecule has 2 aromatic heterocycles. The van der Waals surface area contributed by atoms with E-state index in [1.165, 1.54) is 0 Å². The van der Waals surface area contributed by atoms with Gasteiger partial charge in [0.1, 0.15) is 12.4 Å². The summed E-state index contributed by atoms with van der Waals surface area (Å²) in [5.74, 6) is 0.354. The van der Waals surface area contributed by atoms with Crippen molar-refractivity contribution in [3.05, 3.63) is 82.6 Å². The average Bonchev–Trinajstić information content (AvgIpc) is 2.84. The Kier molecular flexibility index (Phi) is 7.11. The number of pyridine rings is 2. The van der Waals surface area contributed by atoms with Crippen LogP contribution in [0.15, 0.2) is 71.5 Å². The molecule has 1 fully saturated rings. The smallest absolute Gasteiger partial charge is 0.254 e. The number of anilines is 1. The van der Waals surface area contributed by atoms with Gasteiger partial charge in [0.25, 0.3) is 5.91 Å². The fraction of sp³-hybridized carbons (Fsp3) is 0.250. The summed E-state index contributed by atoms with van der Waals surface area (Å²) in [5.41, 5.74) is 1.52. The predicted octanol–water partition coefficient (Wildman–Crippen LogP) is 4.31. The third kappa shape index (κ3) is 5.70. The van der Waals surface area contributed by atoms with Crippen molar-refractivity contribution in [2.24, 2.45) is 5.92 Å². The van der Waals surface area contributed by atoms with Crippen LogP contribution in [0.5, 0.6) is 5.88 Å². The number of piperidine rings is 1. The third-order valence-electron chi connectivity index (χ3n) is 5.27. The maximum atomic E-state index is 13.1. The topological polar surface area (TPSA) is 84.4 Å². The van der Waals surface area contributed by atoms with Gasteiger partial charge in [0.2, 0.25) is 11.8 Å². The molecule has 32 heavy (non-hydrogen) atoms. The molecule has 1 unspecified atom stereocenters. The van der Waals surface area contributed by atoms with Crippen LogP contribution in [-0.4, -0.2) is 39.8 Å². The summed E-state index contributed by atoms with van der Waals surface area (Å²) in [5, 5.41) is 2.84. The highest BCUT2D eigenvalue weighted by molar-refractivity contribution is 9.10. The fourth-order valence-electron chi connectivity index (χ4n) is 3.59. The zero-order valence-corrected chi connectivity index (χ0v) is 19.0. The van der Waals surface area contributed by atoms with E-state index in [4.69, 9.17) is 4.74 Å². The van der Waals surface area contributed by atoms with Gasteiger partial charge < -0.3 is 15.0 Å². The van der Waals surface area contributed by atoms with Gasteiger partial charge in [-0.25, -0.2) is 9.97 Å². The summed E-state index contributed by atoms with van der Waals surface area (Å²) < 4.78 is 6.59. The van der Waals surface area contributed by atoms with Crippen LogP contribution < -0.4 is 10.1 Å². The first-order valence-corrected chi connectivity index (χ1v) is 11.2. The van der Waals surface area contributed by atoms with Crippen LogP contribution in [0.1, 0.15) is 28.8 Å². The molecule has 164 valence electrons. The standard InChI is InChI=1S/C24H23BrN4O3/c25-20-8-9-21(27-14-20)28-23(30)19-7-4-12-29(15-19)24(31)18-10-11-26-22(13-18)32-16-17-5-2-1-3-6-17/h1-3,5-6,8-11,13-14,19H,4,7,12,15-16H2,(H,27,28,30). The average molecular weight is 495 g/mol. The third-order valence-corrected chi connectivity index (χ3v) is 5.74. The number of carbonyl (C=O) groups is 2. The number of ether oxygens (including phenoxy) is 1. The van der Waals surface area contributed by atoms with Gasteiger partial charge in [-0.1, -0.05) is 30.3 Å². The number of carbonyl (C=O) groups excluding carboxylic acids is 2. The molecule has 1 saturated heterocycles. The summed E-state index contributed by atoms with van der Waals surface area (Å²) in [6.07, 6.45) is 4.70. The highest BCUT2D eigenvalue weighted by Gasteiger charge is 2.29. The Hall–Kier alpha value is -3.26. The number of aromatic nitrogens is 2. The number of amides is 2. The first-order chi connectivity index (χ1) is 15.6. The van der Waals surface area contributed by atoms with Crippen molar-refractivity contribution in [3.63, 3.8) is 0 Å². The number of halogens is 1. The molecule has 3 heterocycles. The Morgan fingerprint density at radius 1 is 1.12 bits per heavy atom. The summed E-state index contributed by atoms with van der Waals surface area (Å²) in [6, 6.07) is 16.7. The van der Waals surface area contributed by atoms with Crippen LogP contribution in [0.2, 0.25) is 0 Å². The minimum absolute atomic E-state index is 0.126. The van der Waals surface area contributed by atoms with E-state index in [9.17, 15) is 9.59 Å². The molecular weight excluding hydrogens is 472 g/mol. The zero-order valence-electron chi connectivity index (χ0n) is 17.4. The number of hydrogen-bond acceptors (Lipinski definition) is 5. The molecule has 7 nitrogen and oxygen atoms in total. The second-order valence-electron chi connectivity index (χ2n) is 7.60. The van der Waals surface area contributed by atoms with Crippen molar-refractivity contribution in [1.29, 1.82) is 0 Å². The minimum Gasteiger partial charge on any atom is -0.473 e. The van der Waals surface area contributed by atoms with E-state index in [2.05, 4.69) is 31.2 Å². The van der Waals surface area contributed by atoms with Crippen LogP contribution in [-0.2, 0) is 11.4 Å². The molecule has 4 rings (SSSR count). The first-order valence-electron chi connectivity index (χ1n) is 10.4. The SMILES string of the molecule is O=C(Nc1ccc(Br)cn1)C1CCCN(C(=O)c2ccnc(OCc3ccccc3)c2)C1. The summed E-state index contributed by atoms with van der Waals surface area (Å²) >= 11 is 3.33. The van der Waals surface area contributed by atoms with E-state index < -0.39 is 0 Å². The van der Waals surface area contributed by atoms with Crippen LogP contribution in [0.3, 0.4) is 0 Å². The Labute approximate surface area is 195 Å². The Morgan fingerprint density at radius 3 is 2.75 bits per heavy atom. The zero-order chi connectivity index (χ0) is 22.3. The van der Waals surface area contributed by atoms with E-state index in [1.807, 2.05) is 36.4 Å². The molecule has 3 aromatic rings. The van der Waals surface area contributed by atoms with Crippen molar-refractivity contribution < 1.29 is 14.3 Å². The number of nitrogens with zero attached hydrogens (tertiary/aromatic N) is 3. The first kappa shape index (κ1) is 22.0. The molecule has 0 bridgehead atoms. The highest BCUT2D eigenvalue weighted by Crippen LogP contribution is 2.22. The summed E-state index contributed by atoms with van der Waals surface area (Å²) in [4.78, 5) is 35.9. The van der Waals surface area contributed by atoms with Crippen LogP contribution >= 0.6 is 15.9 Å². The van der Waals surface area contributed by atoms with Gasteiger partial charge in [-0.15, -0.1) is 0 Å². The Balaban J connectivity index is 1.37.